The van der Waals surface area contributed by atoms with E-state index < -0.39 is 17.3 Å². The van der Waals surface area contributed by atoms with E-state index in [4.69, 9.17) is 4.74 Å². The molecule has 0 atom stereocenters. The molecule has 0 amide bonds. The monoisotopic (exact) mass is 371 g/mol. The molecule has 0 saturated carbocycles. The number of nitrogens with one attached hydrogen (secondary N) is 2. The van der Waals surface area contributed by atoms with Gasteiger partial charge in [0.05, 0.1) is 11.3 Å². The number of hydrogen-bond acceptors (Lipinski definition) is 4. The Morgan fingerprint density at radius 3 is 2.56 bits per heavy atom. The van der Waals surface area contributed by atoms with Crippen LogP contribution in [0.2, 0.25) is 0 Å². The SMILES string of the molecule is Cc1cc(OCc2c(F)cccc2F)c2nc(C)c(-c3nc(=O)[nH][nH]3)n2c1. The highest BCUT2D eigenvalue weighted by molar-refractivity contribution is 5.66. The second-order valence-corrected chi connectivity index (χ2v) is 6.13. The lowest BCUT2D eigenvalue weighted by Gasteiger charge is -2.10. The lowest BCUT2D eigenvalue weighted by molar-refractivity contribution is 0.294. The average molecular weight is 371 g/mol. The maximum atomic E-state index is 13.9. The minimum Gasteiger partial charge on any atom is -0.485 e. The largest absolute Gasteiger partial charge is 0.485 e. The van der Waals surface area contributed by atoms with Gasteiger partial charge in [0.1, 0.15) is 23.9 Å². The lowest BCUT2D eigenvalue weighted by atomic mass is 10.2. The first kappa shape index (κ1) is 17.0. The lowest BCUT2D eigenvalue weighted by Crippen LogP contribution is -2.04. The minimum absolute atomic E-state index is 0.155. The van der Waals surface area contributed by atoms with Gasteiger partial charge in [0, 0.05) is 6.20 Å². The third-order valence-electron chi connectivity index (χ3n) is 4.16. The molecular weight excluding hydrogens is 356 g/mol. The average Bonchev–Trinajstić information content (AvgIpc) is 3.16. The first-order valence-electron chi connectivity index (χ1n) is 8.14. The van der Waals surface area contributed by atoms with Crippen molar-refractivity contribution in [3.63, 3.8) is 0 Å². The maximum Gasteiger partial charge on any atom is 0.361 e. The highest BCUT2D eigenvalue weighted by Gasteiger charge is 2.18. The fourth-order valence-electron chi connectivity index (χ4n) is 2.95. The Hall–Kier alpha value is -3.49. The molecule has 0 aliphatic rings. The van der Waals surface area contributed by atoms with Gasteiger partial charge in [0.15, 0.2) is 17.2 Å². The van der Waals surface area contributed by atoms with Gasteiger partial charge in [-0.05, 0) is 37.6 Å². The first-order chi connectivity index (χ1) is 12.9. The third-order valence-corrected chi connectivity index (χ3v) is 4.16. The number of rotatable bonds is 4. The summed E-state index contributed by atoms with van der Waals surface area (Å²) in [6, 6.07) is 5.39. The Labute approximate surface area is 151 Å². The van der Waals surface area contributed by atoms with E-state index in [1.165, 1.54) is 18.2 Å². The van der Waals surface area contributed by atoms with E-state index in [0.29, 0.717) is 28.6 Å². The molecule has 0 spiro atoms. The maximum absolute atomic E-state index is 13.9. The first-order valence-corrected chi connectivity index (χ1v) is 8.14. The molecular formula is C18H15F2N5O2. The molecule has 0 aliphatic carbocycles. The summed E-state index contributed by atoms with van der Waals surface area (Å²) in [4.78, 5) is 19.7. The Bertz CT molecular complexity index is 1190. The second kappa shape index (κ2) is 6.35. The van der Waals surface area contributed by atoms with Crippen molar-refractivity contribution in [2.45, 2.75) is 20.5 Å². The van der Waals surface area contributed by atoms with E-state index >= 15 is 0 Å². The van der Waals surface area contributed by atoms with Crippen molar-refractivity contribution >= 4 is 5.65 Å². The molecule has 1 aromatic carbocycles. The van der Waals surface area contributed by atoms with Crippen LogP contribution in [0.5, 0.6) is 5.75 Å². The summed E-state index contributed by atoms with van der Waals surface area (Å²) in [6.45, 7) is 3.34. The van der Waals surface area contributed by atoms with Gasteiger partial charge in [-0.2, -0.15) is 4.98 Å². The number of halogens is 2. The molecule has 0 radical (unpaired) electrons. The number of aryl methyl sites for hydroxylation is 2. The van der Waals surface area contributed by atoms with Gasteiger partial charge >= 0.3 is 5.69 Å². The van der Waals surface area contributed by atoms with E-state index in [1.807, 2.05) is 13.1 Å². The standard InChI is InChI=1S/C18H15F2N5O2/c1-9-6-14(27-8-11-12(19)4-3-5-13(11)20)17-21-10(2)15(25(17)7-9)16-22-18(26)24-23-16/h3-7H,8H2,1-2H3,(H2,22,23,24,26). The number of benzene rings is 1. The highest BCUT2D eigenvalue weighted by atomic mass is 19.1. The van der Waals surface area contributed by atoms with Crippen LogP contribution in [0.4, 0.5) is 8.78 Å². The van der Waals surface area contributed by atoms with Gasteiger partial charge < -0.3 is 4.74 Å². The summed E-state index contributed by atoms with van der Waals surface area (Å²) in [5.74, 6) is -0.646. The highest BCUT2D eigenvalue weighted by Crippen LogP contribution is 2.29. The van der Waals surface area contributed by atoms with E-state index in [9.17, 15) is 13.6 Å². The molecule has 3 aromatic heterocycles. The van der Waals surface area contributed by atoms with Gasteiger partial charge in [-0.3, -0.25) is 9.50 Å². The molecule has 0 fully saturated rings. The molecule has 0 bridgehead atoms. The number of H-pyrrole nitrogens is 2. The number of pyridine rings is 1. The Morgan fingerprint density at radius 1 is 1.15 bits per heavy atom. The Kier molecular flexibility index (Phi) is 3.98. The molecule has 2 N–H and O–H groups in total. The zero-order chi connectivity index (χ0) is 19.1. The molecule has 0 unspecified atom stereocenters. The van der Waals surface area contributed by atoms with E-state index in [0.717, 1.165) is 5.56 Å². The Balaban J connectivity index is 1.79. The number of aromatic amines is 2. The molecule has 0 saturated heterocycles. The molecule has 3 heterocycles. The summed E-state index contributed by atoms with van der Waals surface area (Å²) < 4.78 is 35.1. The molecule has 4 rings (SSSR count). The number of nitrogens with zero attached hydrogens (tertiary/aromatic N) is 3. The zero-order valence-electron chi connectivity index (χ0n) is 14.5. The van der Waals surface area contributed by atoms with Crippen molar-refractivity contribution in [3.05, 3.63) is 69.4 Å². The molecule has 27 heavy (non-hydrogen) atoms. The summed E-state index contributed by atoms with van der Waals surface area (Å²) in [5, 5.41) is 5.09. The van der Waals surface area contributed by atoms with Crippen LogP contribution in [-0.4, -0.2) is 24.6 Å². The van der Waals surface area contributed by atoms with Crippen LogP contribution in [0.15, 0.2) is 35.3 Å². The van der Waals surface area contributed by atoms with Crippen molar-refractivity contribution < 1.29 is 13.5 Å². The van der Waals surface area contributed by atoms with Crippen LogP contribution in [0.1, 0.15) is 16.8 Å². The quantitative estimate of drug-likeness (QED) is 0.577. The van der Waals surface area contributed by atoms with Crippen LogP contribution >= 0.6 is 0 Å². The van der Waals surface area contributed by atoms with E-state index in [-0.39, 0.29) is 12.2 Å². The Morgan fingerprint density at radius 2 is 1.89 bits per heavy atom. The topological polar surface area (TPSA) is 88.1 Å². The minimum atomic E-state index is -0.673. The predicted octanol–water partition coefficient (Wildman–Crippen LogP) is 2.89. The molecule has 4 aromatic rings. The van der Waals surface area contributed by atoms with Crippen LogP contribution < -0.4 is 10.4 Å². The fraction of sp³-hybridized carbons (Fsp3) is 0.167. The van der Waals surface area contributed by atoms with Gasteiger partial charge in [0.25, 0.3) is 0 Å². The number of ether oxygens (including phenoxy) is 1. The van der Waals surface area contributed by atoms with Gasteiger partial charge in [-0.15, -0.1) is 0 Å². The van der Waals surface area contributed by atoms with Gasteiger partial charge in [0.2, 0.25) is 0 Å². The van der Waals surface area contributed by atoms with Crippen molar-refractivity contribution in [2.75, 3.05) is 0 Å². The van der Waals surface area contributed by atoms with Crippen LogP contribution in [0.25, 0.3) is 17.2 Å². The normalized spacial score (nSPS) is 11.3. The third kappa shape index (κ3) is 2.97. The van der Waals surface area contributed by atoms with Gasteiger partial charge in [-0.25, -0.2) is 23.7 Å². The summed E-state index contributed by atoms with van der Waals surface area (Å²) in [7, 11) is 0. The summed E-state index contributed by atoms with van der Waals surface area (Å²) in [5.41, 5.74) is 1.84. The molecule has 9 heteroatoms. The van der Waals surface area contributed by atoms with Crippen molar-refractivity contribution in [1.29, 1.82) is 0 Å². The van der Waals surface area contributed by atoms with Crippen LogP contribution in [-0.2, 0) is 6.61 Å². The van der Waals surface area contributed by atoms with Crippen LogP contribution in [0.3, 0.4) is 0 Å². The van der Waals surface area contributed by atoms with Crippen molar-refractivity contribution in [1.82, 2.24) is 24.6 Å². The molecule has 7 nitrogen and oxygen atoms in total. The summed E-state index contributed by atoms with van der Waals surface area (Å²) >= 11 is 0. The fourth-order valence-corrected chi connectivity index (χ4v) is 2.95. The van der Waals surface area contributed by atoms with Crippen molar-refractivity contribution in [3.8, 4) is 17.3 Å². The number of aromatic nitrogens is 5. The smallest absolute Gasteiger partial charge is 0.361 e. The second-order valence-electron chi connectivity index (χ2n) is 6.13. The molecule has 0 aliphatic heterocycles. The number of fused-ring (bicyclic) bond motifs is 1. The predicted molar refractivity (Wildman–Crippen MR) is 93.6 cm³/mol. The van der Waals surface area contributed by atoms with Crippen LogP contribution in [0, 0.1) is 25.5 Å². The number of hydrogen-bond donors (Lipinski definition) is 2. The zero-order valence-corrected chi connectivity index (χ0v) is 14.5. The van der Waals surface area contributed by atoms with Crippen molar-refractivity contribution in [2.24, 2.45) is 0 Å². The van der Waals surface area contributed by atoms with Gasteiger partial charge in [-0.1, -0.05) is 6.07 Å². The molecule has 138 valence electrons. The van der Waals surface area contributed by atoms with E-state index in [2.05, 4.69) is 20.2 Å². The number of imidazole rings is 1. The summed E-state index contributed by atoms with van der Waals surface area (Å²) in [6.07, 6.45) is 1.81. The van der Waals surface area contributed by atoms with E-state index in [1.54, 1.807) is 17.4 Å².